The zero-order valence-electron chi connectivity index (χ0n) is 40.7. The summed E-state index contributed by atoms with van der Waals surface area (Å²) in [5.74, 6) is 3.40. The molecular weight excluding hydrogens is 829 g/mol. The fourth-order valence-electron chi connectivity index (χ4n) is 9.62. The second-order valence-electron chi connectivity index (χ2n) is 20.1. The predicted molar refractivity (Wildman–Crippen MR) is 282 cm³/mol. The number of aromatic nitrogens is 4. The van der Waals surface area contributed by atoms with Gasteiger partial charge in [0.1, 0.15) is 17.3 Å². The lowest BCUT2D eigenvalue weighted by atomic mass is 9.81. The fraction of sp³-hybridized carbons (Fsp3) is 0.206. The van der Waals surface area contributed by atoms with Crippen LogP contribution in [0.1, 0.15) is 102 Å². The van der Waals surface area contributed by atoms with Crippen LogP contribution in [0, 0.1) is 6.33 Å². The third-order valence-electron chi connectivity index (χ3n) is 13.3. The molecule has 0 saturated heterocycles. The maximum absolute atomic E-state index is 7.09. The lowest BCUT2D eigenvalue weighted by Crippen LogP contribution is -2.29. The summed E-state index contributed by atoms with van der Waals surface area (Å²) in [5, 5.41) is 2.33. The first kappa shape index (κ1) is 44.3. The van der Waals surface area contributed by atoms with Crippen LogP contribution in [0.4, 0.5) is 0 Å². The van der Waals surface area contributed by atoms with Gasteiger partial charge in [0.2, 0.25) is 0 Å². The molecule has 3 aromatic heterocycles. The number of rotatable bonds is 11. The molecule has 0 N–H and O–H groups in total. The van der Waals surface area contributed by atoms with E-state index >= 15 is 0 Å². The molecular formula is C63H60N4O. The summed E-state index contributed by atoms with van der Waals surface area (Å²) in [6, 6.07) is 58.8. The van der Waals surface area contributed by atoms with E-state index in [4.69, 9.17) is 9.72 Å². The van der Waals surface area contributed by atoms with Crippen LogP contribution in [0.5, 0.6) is 11.5 Å². The summed E-state index contributed by atoms with van der Waals surface area (Å²) in [6.45, 7) is 20.6. The molecule has 7 aromatic carbocycles. The molecule has 0 atom stereocenters. The number of para-hydroxylation sites is 1. The Morgan fingerprint density at radius 3 is 1.93 bits per heavy atom. The number of hydrogen-bond donors (Lipinski definition) is 0. The summed E-state index contributed by atoms with van der Waals surface area (Å²) < 4.78 is 13.6. The smallest absolute Gasteiger partial charge is 0.268 e. The van der Waals surface area contributed by atoms with Gasteiger partial charge in [-0.05, 0) is 139 Å². The highest BCUT2D eigenvalue weighted by atomic mass is 16.5. The molecule has 0 aliphatic heterocycles. The van der Waals surface area contributed by atoms with Gasteiger partial charge >= 0.3 is 0 Å². The van der Waals surface area contributed by atoms with Crippen molar-refractivity contribution in [3.05, 3.63) is 211 Å². The summed E-state index contributed by atoms with van der Waals surface area (Å²) in [7, 11) is 0. The monoisotopic (exact) mass is 888 g/mol. The number of hydrogen-bond acceptors (Lipinski definition) is 2. The van der Waals surface area contributed by atoms with E-state index in [-0.39, 0.29) is 5.41 Å². The van der Waals surface area contributed by atoms with Gasteiger partial charge in [0, 0.05) is 35.4 Å². The minimum absolute atomic E-state index is 0.0268. The van der Waals surface area contributed by atoms with Gasteiger partial charge in [0.05, 0.1) is 22.4 Å². The molecule has 0 unspecified atom stereocenters. The van der Waals surface area contributed by atoms with Gasteiger partial charge in [-0.2, -0.15) is 0 Å². The van der Waals surface area contributed by atoms with E-state index in [1.54, 1.807) is 0 Å². The van der Waals surface area contributed by atoms with Gasteiger partial charge in [-0.15, -0.1) is 0 Å². The highest BCUT2D eigenvalue weighted by molar-refractivity contribution is 6.09. The van der Waals surface area contributed by atoms with Crippen LogP contribution in [0.2, 0.25) is 0 Å². The Labute approximate surface area is 402 Å². The molecule has 10 rings (SSSR count). The molecule has 0 radical (unpaired) electrons. The number of ether oxygens (including phenoxy) is 1. The van der Waals surface area contributed by atoms with Crippen molar-refractivity contribution in [3.63, 3.8) is 0 Å². The van der Waals surface area contributed by atoms with Crippen LogP contribution in [-0.2, 0) is 5.41 Å². The van der Waals surface area contributed by atoms with Crippen LogP contribution in [0.3, 0.4) is 0 Å². The topological polar surface area (TPSA) is 35.9 Å². The SMILES string of the molecule is CC(C)c1cc(C(C)C)c(-c2cc(Oc3ccc4c5ccccc5n(-c5cc(C(C)(C)C)ccn5)c4c3)cc(-n3[c-][n+](-c4ccc(-c5ccccc5)cc4-c4ccccc4)cc3)c2)c(C(C)C)c1. The van der Waals surface area contributed by atoms with Crippen molar-refractivity contribution in [3.8, 4) is 62.1 Å². The third kappa shape index (κ3) is 8.54. The first-order valence-electron chi connectivity index (χ1n) is 24.1. The summed E-state index contributed by atoms with van der Waals surface area (Å²) in [4.78, 5) is 4.94. The molecule has 0 amide bonds. The van der Waals surface area contributed by atoms with Crippen LogP contribution >= 0.6 is 0 Å². The van der Waals surface area contributed by atoms with Gasteiger partial charge < -0.3 is 4.74 Å². The van der Waals surface area contributed by atoms with Crippen molar-refractivity contribution in [1.82, 2.24) is 14.1 Å². The molecule has 0 fully saturated rings. The summed E-state index contributed by atoms with van der Waals surface area (Å²) in [6.07, 6.45) is 9.86. The normalized spacial score (nSPS) is 12.0. The molecule has 3 heterocycles. The number of fused-ring (bicyclic) bond motifs is 3. The Bertz CT molecular complexity index is 3410. The minimum atomic E-state index is -0.0268. The summed E-state index contributed by atoms with van der Waals surface area (Å²) in [5.41, 5.74) is 16.4. The van der Waals surface area contributed by atoms with Crippen molar-refractivity contribution in [2.75, 3.05) is 0 Å². The van der Waals surface area contributed by atoms with Crippen molar-refractivity contribution in [1.29, 1.82) is 0 Å². The Morgan fingerprint density at radius 2 is 1.24 bits per heavy atom. The van der Waals surface area contributed by atoms with Crippen LogP contribution < -0.4 is 9.30 Å². The standard InChI is InChI=1S/C63H60N4O/c1-41(2)47-35-55(42(3)4)62(56(36-47)43(5)6)48-32-50(65-30-31-66(40-65)58-27-24-46(44-18-12-10-13-19-44)34-57(58)45-20-14-11-15-21-45)38-52(33-48)68-51-25-26-54-53-22-16-17-23-59(53)67(60(54)39-51)61-37-49(28-29-64-61)63(7,8)9/h10-39,41-43H,1-9H3. The second kappa shape index (κ2) is 18.0. The molecule has 5 nitrogen and oxygen atoms in total. The molecule has 0 bridgehead atoms. The largest absolute Gasteiger partial charge is 0.458 e. The van der Waals surface area contributed by atoms with E-state index in [2.05, 4.69) is 259 Å². The highest BCUT2D eigenvalue weighted by Gasteiger charge is 2.22. The minimum Gasteiger partial charge on any atom is -0.458 e. The third-order valence-corrected chi connectivity index (χ3v) is 13.3. The Balaban J connectivity index is 1.14. The number of pyridine rings is 1. The lowest BCUT2D eigenvalue weighted by molar-refractivity contribution is -0.598. The van der Waals surface area contributed by atoms with Crippen molar-refractivity contribution in [2.45, 2.75) is 85.5 Å². The quantitative estimate of drug-likeness (QED) is 0.0958. The van der Waals surface area contributed by atoms with Gasteiger partial charge in [0.25, 0.3) is 6.33 Å². The van der Waals surface area contributed by atoms with E-state index in [1.165, 1.54) is 44.3 Å². The average molecular weight is 889 g/mol. The van der Waals surface area contributed by atoms with Gasteiger partial charge in [-0.25, -0.2) is 4.98 Å². The fourth-order valence-corrected chi connectivity index (χ4v) is 9.62. The Kier molecular flexibility index (Phi) is 11.7. The Hall–Kier alpha value is -7.50. The Morgan fingerprint density at radius 1 is 0.559 bits per heavy atom. The number of benzene rings is 7. The van der Waals surface area contributed by atoms with E-state index in [0.29, 0.717) is 17.8 Å². The van der Waals surface area contributed by atoms with E-state index in [1.807, 2.05) is 6.20 Å². The molecule has 10 aromatic rings. The summed E-state index contributed by atoms with van der Waals surface area (Å²) >= 11 is 0. The van der Waals surface area contributed by atoms with Gasteiger partial charge in [0.15, 0.2) is 0 Å². The molecule has 68 heavy (non-hydrogen) atoms. The predicted octanol–water partition coefficient (Wildman–Crippen LogP) is 16.5. The van der Waals surface area contributed by atoms with Crippen LogP contribution in [0.25, 0.3) is 72.4 Å². The zero-order valence-corrected chi connectivity index (χ0v) is 40.7. The number of nitrogens with zero attached hydrogens (tertiary/aromatic N) is 4. The van der Waals surface area contributed by atoms with Gasteiger partial charge in [-0.3, -0.25) is 13.7 Å². The molecule has 0 aliphatic rings. The molecule has 0 aliphatic carbocycles. The van der Waals surface area contributed by atoms with Crippen LogP contribution in [-0.4, -0.2) is 14.1 Å². The maximum atomic E-state index is 7.09. The van der Waals surface area contributed by atoms with Crippen LogP contribution in [0.15, 0.2) is 182 Å². The van der Waals surface area contributed by atoms with E-state index < -0.39 is 0 Å². The van der Waals surface area contributed by atoms with Gasteiger partial charge in [-0.1, -0.05) is 159 Å². The highest BCUT2D eigenvalue weighted by Crippen LogP contribution is 2.42. The first-order chi connectivity index (χ1) is 32.8. The number of imidazole rings is 1. The second-order valence-corrected chi connectivity index (χ2v) is 20.1. The average Bonchev–Trinajstić information content (AvgIpc) is 3.97. The van der Waals surface area contributed by atoms with Crippen molar-refractivity contribution < 1.29 is 9.30 Å². The zero-order chi connectivity index (χ0) is 47.3. The first-order valence-corrected chi connectivity index (χ1v) is 24.1. The van der Waals surface area contributed by atoms with E-state index in [9.17, 15) is 0 Å². The maximum Gasteiger partial charge on any atom is 0.268 e. The lowest BCUT2D eigenvalue weighted by Gasteiger charge is -2.24. The molecule has 5 heteroatoms. The van der Waals surface area contributed by atoms with Crippen molar-refractivity contribution >= 4 is 21.8 Å². The van der Waals surface area contributed by atoms with E-state index in [0.717, 1.165) is 61.8 Å². The molecule has 0 saturated carbocycles. The molecule has 0 spiro atoms. The molecule has 338 valence electrons. The van der Waals surface area contributed by atoms with Crippen molar-refractivity contribution in [2.24, 2.45) is 0 Å².